The fraction of sp³-hybridized carbons (Fsp3) is 0.583. The van der Waals surface area contributed by atoms with Crippen LogP contribution in [0.2, 0.25) is 0 Å². The molecule has 18 heavy (non-hydrogen) atoms. The molecule has 1 fully saturated rings. The van der Waals surface area contributed by atoms with Crippen LogP contribution in [-0.4, -0.2) is 24.2 Å². The van der Waals surface area contributed by atoms with Crippen molar-refractivity contribution in [2.24, 2.45) is 0 Å². The van der Waals surface area contributed by atoms with E-state index in [1.165, 1.54) is 6.07 Å². The van der Waals surface area contributed by atoms with Gasteiger partial charge in [0.1, 0.15) is 5.82 Å². The molecule has 1 N–H and O–H groups in total. The van der Waals surface area contributed by atoms with Crippen LogP contribution in [0.3, 0.4) is 0 Å². The molecule has 1 saturated carbocycles. The predicted molar refractivity (Wildman–Crippen MR) is 61.3 cm³/mol. The Labute approximate surface area is 103 Å². The summed E-state index contributed by atoms with van der Waals surface area (Å²) in [6.45, 7) is 0.571. The summed E-state index contributed by atoms with van der Waals surface area (Å²) in [6, 6.07) is 2.36. The number of pyridine rings is 1. The quantitative estimate of drug-likeness (QED) is 0.903. The van der Waals surface area contributed by atoms with E-state index in [9.17, 15) is 13.2 Å². The number of alkyl halides is 3. The summed E-state index contributed by atoms with van der Waals surface area (Å²) >= 11 is 0. The van der Waals surface area contributed by atoms with Crippen molar-refractivity contribution in [3.8, 4) is 0 Å². The Morgan fingerprint density at radius 1 is 1.39 bits per heavy atom. The zero-order valence-electron chi connectivity index (χ0n) is 10.0. The normalized spacial score (nSPS) is 18.2. The fourth-order valence-electron chi connectivity index (χ4n) is 1.94. The van der Waals surface area contributed by atoms with Crippen LogP contribution in [0, 0.1) is 0 Å². The maximum Gasteiger partial charge on any atom is 0.417 e. The van der Waals surface area contributed by atoms with Crippen LogP contribution in [0.25, 0.3) is 0 Å². The van der Waals surface area contributed by atoms with Gasteiger partial charge >= 0.3 is 6.18 Å². The molecule has 0 unspecified atom stereocenters. The molecule has 1 aliphatic carbocycles. The van der Waals surface area contributed by atoms with Crippen LogP contribution < -0.4 is 5.32 Å². The molecule has 0 aliphatic heterocycles. The summed E-state index contributed by atoms with van der Waals surface area (Å²) in [5.41, 5.74) is -0.914. The van der Waals surface area contributed by atoms with E-state index in [4.69, 9.17) is 4.74 Å². The fourth-order valence-corrected chi connectivity index (χ4v) is 1.94. The summed E-state index contributed by atoms with van der Waals surface area (Å²) in [6.07, 6.45) is -0.444. The largest absolute Gasteiger partial charge is 0.417 e. The molecule has 1 aliphatic rings. The molecule has 1 aromatic heterocycles. The molecule has 2 rings (SSSR count). The van der Waals surface area contributed by atoms with E-state index in [2.05, 4.69) is 10.3 Å². The highest BCUT2D eigenvalue weighted by Gasteiger charge is 2.37. The van der Waals surface area contributed by atoms with Crippen molar-refractivity contribution in [1.29, 1.82) is 0 Å². The first-order chi connectivity index (χ1) is 8.45. The molecule has 0 aromatic carbocycles. The SMILES string of the molecule is COC1(CNc2ccc(C(F)(F)F)cn2)CCC1. The molecule has 1 heterocycles. The maximum atomic E-state index is 12.3. The number of hydrogen-bond donors (Lipinski definition) is 1. The lowest BCUT2D eigenvalue weighted by atomic mass is 9.80. The van der Waals surface area contributed by atoms with Crippen LogP contribution in [0.1, 0.15) is 24.8 Å². The molecular formula is C12H15F3N2O. The van der Waals surface area contributed by atoms with Crippen LogP contribution in [0.5, 0.6) is 0 Å². The van der Waals surface area contributed by atoms with Gasteiger partial charge in [0.25, 0.3) is 0 Å². The number of halogens is 3. The van der Waals surface area contributed by atoms with Crippen LogP contribution in [-0.2, 0) is 10.9 Å². The number of rotatable bonds is 4. The third-order valence-electron chi connectivity index (χ3n) is 3.38. The summed E-state index contributed by atoms with van der Waals surface area (Å²) in [4.78, 5) is 3.75. The van der Waals surface area contributed by atoms with E-state index in [0.29, 0.717) is 12.4 Å². The van der Waals surface area contributed by atoms with Crippen molar-refractivity contribution in [2.75, 3.05) is 19.0 Å². The van der Waals surface area contributed by atoms with Gasteiger partial charge in [-0.25, -0.2) is 4.98 Å². The second kappa shape index (κ2) is 4.76. The van der Waals surface area contributed by atoms with E-state index in [0.717, 1.165) is 31.5 Å². The topological polar surface area (TPSA) is 34.1 Å². The molecule has 0 radical (unpaired) electrons. The highest BCUT2D eigenvalue weighted by Crippen LogP contribution is 2.35. The predicted octanol–water partition coefficient (Wildman–Crippen LogP) is 3.08. The van der Waals surface area contributed by atoms with Gasteiger partial charge < -0.3 is 10.1 Å². The molecule has 0 amide bonds. The number of nitrogens with one attached hydrogen (secondary N) is 1. The van der Waals surface area contributed by atoms with E-state index in [1.54, 1.807) is 7.11 Å². The van der Waals surface area contributed by atoms with E-state index < -0.39 is 11.7 Å². The summed E-state index contributed by atoms with van der Waals surface area (Å²) in [7, 11) is 1.65. The van der Waals surface area contributed by atoms with Crippen molar-refractivity contribution in [2.45, 2.75) is 31.0 Å². The minimum atomic E-state index is -4.34. The summed E-state index contributed by atoms with van der Waals surface area (Å²) < 4.78 is 42.4. The van der Waals surface area contributed by atoms with E-state index >= 15 is 0 Å². The van der Waals surface area contributed by atoms with E-state index in [1.807, 2.05) is 0 Å². The Hall–Kier alpha value is -1.30. The minimum absolute atomic E-state index is 0.176. The second-order valence-electron chi connectivity index (χ2n) is 4.52. The lowest BCUT2D eigenvalue weighted by Crippen LogP contribution is -2.45. The monoisotopic (exact) mass is 260 g/mol. The van der Waals surface area contributed by atoms with Gasteiger partial charge in [-0.2, -0.15) is 13.2 Å². The summed E-state index contributed by atoms with van der Waals surface area (Å²) in [5, 5.41) is 3.01. The van der Waals surface area contributed by atoms with Crippen molar-refractivity contribution < 1.29 is 17.9 Å². The number of methoxy groups -OCH3 is 1. The first kappa shape index (κ1) is 13.1. The van der Waals surface area contributed by atoms with Crippen molar-refractivity contribution in [3.05, 3.63) is 23.9 Å². The molecule has 1 aromatic rings. The van der Waals surface area contributed by atoms with Crippen molar-refractivity contribution in [1.82, 2.24) is 4.98 Å². The smallest absolute Gasteiger partial charge is 0.376 e. The Bertz CT molecular complexity index is 393. The number of anilines is 1. The molecular weight excluding hydrogens is 245 g/mol. The summed E-state index contributed by atoms with van der Waals surface area (Å²) in [5.74, 6) is 0.436. The average molecular weight is 260 g/mol. The Morgan fingerprint density at radius 2 is 2.11 bits per heavy atom. The third kappa shape index (κ3) is 2.75. The molecule has 100 valence electrons. The number of nitrogens with zero attached hydrogens (tertiary/aromatic N) is 1. The Kier molecular flexibility index (Phi) is 3.47. The molecule has 0 atom stereocenters. The van der Waals surface area contributed by atoms with Gasteiger partial charge in [-0.05, 0) is 31.4 Å². The minimum Gasteiger partial charge on any atom is -0.376 e. The van der Waals surface area contributed by atoms with Gasteiger partial charge in [-0.15, -0.1) is 0 Å². The number of hydrogen-bond acceptors (Lipinski definition) is 3. The lowest BCUT2D eigenvalue weighted by molar-refractivity contribution is -0.137. The molecule has 0 spiro atoms. The van der Waals surface area contributed by atoms with E-state index in [-0.39, 0.29) is 5.60 Å². The zero-order chi connectivity index (χ0) is 13.2. The molecule has 0 saturated heterocycles. The standard InChI is InChI=1S/C12H15F3N2O/c1-18-11(5-2-6-11)8-17-10-4-3-9(7-16-10)12(13,14)15/h3-4,7H,2,5-6,8H2,1H3,(H,16,17). The van der Waals surface area contributed by atoms with Gasteiger partial charge in [0.2, 0.25) is 0 Å². The number of aromatic nitrogens is 1. The highest BCUT2D eigenvalue weighted by molar-refractivity contribution is 5.36. The highest BCUT2D eigenvalue weighted by atomic mass is 19.4. The Morgan fingerprint density at radius 3 is 2.50 bits per heavy atom. The van der Waals surface area contributed by atoms with Gasteiger partial charge in [-0.1, -0.05) is 0 Å². The maximum absolute atomic E-state index is 12.3. The first-order valence-corrected chi connectivity index (χ1v) is 5.77. The van der Waals surface area contributed by atoms with Crippen LogP contribution in [0.15, 0.2) is 18.3 Å². The van der Waals surface area contributed by atoms with Gasteiger partial charge in [0.05, 0.1) is 11.2 Å². The van der Waals surface area contributed by atoms with Gasteiger partial charge in [0.15, 0.2) is 0 Å². The first-order valence-electron chi connectivity index (χ1n) is 5.77. The van der Waals surface area contributed by atoms with Gasteiger partial charge in [0, 0.05) is 19.9 Å². The van der Waals surface area contributed by atoms with Crippen molar-refractivity contribution >= 4 is 5.82 Å². The second-order valence-corrected chi connectivity index (χ2v) is 4.52. The van der Waals surface area contributed by atoms with Gasteiger partial charge in [-0.3, -0.25) is 0 Å². The Balaban J connectivity index is 1.94. The van der Waals surface area contributed by atoms with Crippen LogP contribution >= 0.6 is 0 Å². The lowest BCUT2D eigenvalue weighted by Gasteiger charge is -2.40. The number of ether oxygens (including phenoxy) is 1. The zero-order valence-corrected chi connectivity index (χ0v) is 10.0. The molecule has 6 heteroatoms. The average Bonchev–Trinajstić information content (AvgIpc) is 2.28. The van der Waals surface area contributed by atoms with Crippen molar-refractivity contribution in [3.63, 3.8) is 0 Å². The third-order valence-corrected chi connectivity index (χ3v) is 3.38. The molecule has 3 nitrogen and oxygen atoms in total. The van der Waals surface area contributed by atoms with Crippen LogP contribution in [0.4, 0.5) is 19.0 Å². The molecule has 0 bridgehead atoms.